The highest BCUT2D eigenvalue weighted by Gasteiger charge is 2.53. The molecule has 1 fully saturated rings. The van der Waals surface area contributed by atoms with Gasteiger partial charge < -0.3 is 9.52 Å². The summed E-state index contributed by atoms with van der Waals surface area (Å²) in [4.78, 5) is 10.9. The first-order valence-corrected chi connectivity index (χ1v) is 3.93. The monoisotopic (exact) mass is 166 g/mol. The van der Waals surface area contributed by atoms with Crippen molar-refractivity contribution in [1.82, 2.24) is 0 Å². The van der Waals surface area contributed by atoms with Crippen LogP contribution >= 0.6 is 0 Å². The fourth-order valence-corrected chi connectivity index (χ4v) is 1.57. The third kappa shape index (κ3) is 0.793. The van der Waals surface area contributed by atoms with E-state index < -0.39 is 11.4 Å². The van der Waals surface area contributed by atoms with E-state index in [0.717, 1.165) is 24.0 Å². The fraction of sp³-hybridized carbons (Fsp3) is 0.444. The van der Waals surface area contributed by atoms with Crippen molar-refractivity contribution in [2.24, 2.45) is 0 Å². The summed E-state index contributed by atoms with van der Waals surface area (Å²) in [6.07, 6.45) is 4.63. The lowest BCUT2D eigenvalue weighted by atomic mass is 9.96. The van der Waals surface area contributed by atoms with Gasteiger partial charge in [-0.1, -0.05) is 0 Å². The van der Waals surface area contributed by atoms with Gasteiger partial charge in [0.05, 0.1) is 17.9 Å². The molecule has 1 aliphatic carbocycles. The number of furan rings is 1. The van der Waals surface area contributed by atoms with Crippen molar-refractivity contribution in [2.75, 3.05) is 0 Å². The molecule has 0 spiro atoms. The smallest absolute Gasteiger partial charge is 0.314 e. The zero-order valence-corrected chi connectivity index (χ0v) is 6.83. The number of carbonyl (C=O) groups is 1. The number of hydrogen-bond acceptors (Lipinski definition) is 2. The normalized spacial score (nSPS) is 19.1. The number of rotatable bonds is 2. The lowest BCUT2D eigenvalue weighted by Gasteiger charge is -2.06. The van der Waals surface area contributed by atoms with Gasteiger partial charge in [-0.25, -0.2) is 0 Å². The van der Waals surface area contributed by atoms with Crippen LogP contribution in [-0.2, 0) is 10.2 Å². The van der Waals surface area contributed by atoms with Crippen molar-refractivity contribution in [2.45, 2.75) is 25.2 Å². The summed E-state index contributed by atoms with van der Waals surface area (Å²) in [5.74, 6) is -0.730. The van der Waals surface area contributed by atoms with E-state index in [0.29, 0.717) is 0 Å². The molecule has 0 bridgehead atoms. The molecule has 0 unspecified atom stereocenters. The van der Waals surface area contributed by atoms with Crippen LogP contribution in [0.5, 0.6) is 0 Å². The third-order valence-electron chi connectivity index (χ3n) is 2.53. The highest BCUT2D eigenvalue weighted by atomic mass is 16.4. The second-order valence-electron chi connectivity index (χ2n) is 3.36. The highest BCUT2D eigenvalue weighted by molar-refractivity contribution is 5.85. The summed E-state index contributed by atoms with van der Waals surface area (Å²) < 4.78 is 4.96. The summed E-state index contributed by atoms with van der Waals surface area (Å²) in [6, 6.07) is 0. The molecule has 3 nitrogen and oxygen atoms in total. The van der Waals surface area contributed by atoms with Crippen molar-refractivity contribution >= 4 is 5.97 Å². The molecule has 0 aliphatic heterocycles. The van der Waals surface area contributed by atoms with Crippen molar-refractivity contribution in [3.8, 4) is 0 Å². The lowest BCUT2D eigenvalue weighted by molar-refractivity contribution is -0.140. The Labute approximate surface area is 70.0 Å². The lowest BCUT2D eigenvalue weighted by Crippen LogP contribution is -2.19. The molecule has 1 N–H and O–H groups in total. The topological polar surface area (TPSA) is 50.4 Å². The van der Waals surface area contributed by atoms with Gasteiger partial charge in [0.25, 0.3) is 0 Å². The molecule has 0 saturated heterocycles. The molecule has 0 atom stereocenters. The van der Waals surface area contributed by atoms with Crippen molar-refractivity contribution in [3.63, 3.8) is 0 Å². The van der Waals surface area contributed by atoms with Crippen LogP contribution in [0.3, 0.4) is 0 Å². The van der Waals surface area contributed by atoms with Crippen molar-refractivity contribution in [3.05, 3.63) is 23.7 Å². The molecular weight excluding hydrogens is 156 g/mol. The molecule has 0 aromatic carbocycles. The van der Waals surface area contributed by atoms with Gasteiger partial charge in [0, 0.05) is 5.56 Å². The molecule has 0 amide bonds. The molecule has 3 heteroatoms. The first-order valence-electron chi connectivity index (χ1n) is 3.93. The molecule has 0 radical (unpaired) electrons. The maximum atomic E-state index is 10.9. The second kappa shape index (κ2) is 2.12. The van der Waals surface area contributed by atoms with Gasteiger partial charge in [0.2, 0.25) is 0 Å². The molecule has 64 valence electrons. The second-order valence-corrected chi connectivity index (χ2v) is 3.36. The first-order chi connectivity index (χ1) is 5.67. The van der Waals surface area contributed by atoms with Gasteiger partial charge in [0.15, 0.2) is 0 Å². The molecular formula is C9H10O3. The summed E-state index contributed by atoms with van der Waals surface area (Å²) in [5.41, 5.74) is 1.17. The molecule has 1 aliphatic rings. The Balaban J connectivity index is 2.43. The van der Waals surface area contributed by atoms with Crippen LogP contribution in [0.25, 0.3) is 0 Å². The van der Waals surface area contributed by atoms with E-state index in [4.69, 9.17) is 9.52 Å². The quantitative estimate of drug-likeness (QED) is 0.727. The highest BCUT2D eigenvalue weighted by Crippen LogP contribution is 2.49. The van der Waals surface area contributed by atoms with Crippen molar-refractivity contribution < 1.29 is 14.3 Å². The minimum Gasteiger partial charge on any atom is -0.481 e. The molecule has 1 aromatic heterocycles. The van der Waals surface area contributed by atoms with E-state index in [1.165, 1.54) is 0 Å². The van der Waals surface area contributed by atoms with Crippen LogP contribution in [0.1, 0.15) is 24.0 Å². The molecule has 1 aromatic rings. The SMILES string of the molecule is Cc1cocc1C1(C(=O)O)CC1. The number of aryl methyl sites for hydroxylation is 1. The molecule has 1 saturated carbocycles. The van der Waals surface area contributed by atoms with Gasteiger partial charge in [-0.3, -0.25) is 4.79 Å². The minimum absolute atomic E-state index is 0.614. The summed E-state index contributed by atoms with van der Waals surface area (Å²) in [6.45, 7) is 1.88. The van der Waals surface area contributed by atoms with E-state index in [9.17, 15) is 4.79 Å². The maximum absolute atomic E-state index is 10.9. The zero-order chi connectivity index (χ0) is 8.77. The molecule has 2 rings (SSSR count). The van der Waals surface area contributed by atoms with Gasteiger partial charge >= 0.3 is 5.97 Å². The van der Waals surface area contributed by atoms with Crippen LogP contribution in [0, 0.1) is 6.92 Å². The van der Waals surface area contributed by atoms with Gasteiger partial charge in [-0.2, -0.15) is 0 Å². The van der Waals surface area contributed by atoms with E-state index >= 15 is 0 Å². The average molecular weight is 166 g/mol. The largest absolute Gasteiger partial charge is 0.481 e. The van der Waals surface area contributed by atoms with Gasteiger partial charge in [0.1, 0.15) is 0 Å². The molecule has 12 heavy (non-hydrogen) atoms. The van der Waals surface area contributed by atoms with Crippen LogP contribution in [0.2, 0.25) is 0 Å². The third-order valence-corrected chi connectivity index (χ3v) is 2.53. The van der Waals surface area contributed by atoms with E-state index in [1.54, 1.807) is 12.5 Å². The van der Waals surface area contributed by atoms with E-state index in [2.05, 4.69) is 0 Å². The van der Waals surface area contributed by atoms with Gasteiger partial charge in [-0.05, 0) is 25.3 Å². The van der Waals surface area contributed by atoms with Crippen LogP contribution < -0.4 is 0 Å². The van der Waals surface area contributed by atoms with E-state index in [1.807, 2.05) is 6.92 Å². The van der Waals surface area contributed by atoms with Crippen LogP contribution in [-0.4, -0.2) is 11.1 Å². The fourth-order valence-electron chi connectivity index (χ4n) is 1.57. The Bertz CT molecular complexity index is 320. The summed E-state index contributed by atoms with van der Waals surface area (Å²) in [5, 5.41) is 8.96. The Kier molecular flexibility index (Phi) is 1.31. The Morgan fingerprint density at radius 2 is 2.25 bits per heavy atom. The van der Waals surface area contributed by atoms with Crippen molar-refractivity contribution in [1.29, 1.82) is 0 Å². The predicted octanol–water partition coefficient (Wildman–Crippen LogP) is 1.70. The van der Waals surface area contributed by atoms with E-state index in [-0.39, 0.29) is 0 Å². The zero-order valence-electron chi connectivity index (χ0n) is 6.83. The Morgan fingerprint density at radius 1 is 1.58 bits per heavy atom. The minimum atomic E-state index is -0.730. The summed E-state index contributed by atoms with van der Waals surface area (Å²) in [7, 11) is 0. The number of carboxylic acid groups (broad SMARTS) is 1. The number of carboxylic acids is 1. The number of aliphatic carboxylic acids is 1. The standard InChI is InChI=1S/C9H10O3/c1-6-4-12-5-7(6)9(2-3-9)8(10)11/h4-5H,2-3H2,1H3,(H,10,11). The molecule has 1 heterocycles. The average Bonchev–Trinajstić information content (AvgIpc) is 2.71. The Hall–Kier alpha value is -1.25. The predicted molar refractivity (Wildman–Crippen MR) is 42.0 cm³/mol. The Morgan fingerprint density at radius 3 is 2.58 bits per heavy atom. The number of hydrogen-bond donors (Lipinski definition) is 1. The summed E-state index contributed by atoms with van der Waals surface area (Å²) >= 11 is 0. The maximum Gasteiger partial charge on any atom is 0.314 e. The van der Waals surface area contributed by atoms with Crippen LogP contribution in [0.4, 0.5) is 0 Å². The van der Waals surface area contributed by atoms with Crippen LogP contribution in [0.15, 0.2) is 16.9 Å². The first kappa shape index (κ1) is 7.40. The van der Waals surface area contributed by atoms with Gasteiger partial charge in [-0.15, -0.1) is 0 Å².